The summed E-state index contributed by atoms with van der Waals surface area (Å²) in [5.74, 6) is -1.72. The Balaban J connectivity index is 2.98. The summed E-state index contributed by atoms with van der Waals surface area (Å²) in [7, 11) is 0. The first-order chi connectivity index (χ1) is 9.36. The van der Waals surface area contributed by atoms with Crippen LogP contribution in [0.15, 0.2) is 18.2 Å². The van der Waals surface area contributed by atoms with Gasteiger partial charge in [-0.05, 0) is 19.9 Å². The van der Waals surface area contributed by atoms with Gasteiger partial charge in [-0.15, -0.1) is 0 Å². The number of carboxylic acids is 1. The maximum absolute atomic E-state index is 11.5. The van der Waals surface area contributed by atoms with Gasteiger partial charge in [0.15, 0.2) is 6.10 Å². The smallest absolute Gasteiger partial charge is 0.342 e. The number of carbonyl (C=O) groups is 2. The van der Waals surface area contributed by atoms with Crippen LogP contribution in [-0.2, 0) is 4.79 Å². The number of nitrogens with one attached hydrogen (secondary N) is 1. The molecule has 0 aromatic heterocycles. The molecule has 1 aromatic rings. The Bertz CT molecular complexity index is 543. The Morgan fingerprint density at radius 3 is 2.65 bits per heavy atom. The topological polar surface area (TPSA) is 119 Å². The largest absolute Gasteiger partial charge is 0.481 e. The van der Waals surface area contributed by atoms with Gasteiger partial charge in [0.2, 0.25) is 0 Å². The number of aromatic carboxylic acids is 1. The SMILES string of the molecule is CCNC(=O)C(C)Oc1ccc([N+](=O)[O-])c(C(=O)O)c1. The van der Waals surface area contributed by atoms with Crippen LogP contribution < -0.4 is 10.1 Å². The predicted octanol–water partition coefficient (Wildman–Crippen LogP) is 1.20. The summed E-state index contributed by atoms with van der Waals surface area (Å²) in [6.07, 6.45) is -0.835. The summed E-state index contributed by atoms with van der Waals surface area (Å²) in [4.78, 5) is 32.3. The molecule has 1 rings (SSSR count). The number of nitro groups is 1. The normalized spacial score (nSPS) is 11.5. The van der Waals surface area contributed by atoms with Crippen molar-refractivity contribution in [2.24, 2.45) is 0 Å². The molecular formula is C12H14N2O6. The number of nitrogens with zero attached hydrogens (tertiary/aromatic N) is 1. The number of hydrogen-bond acceptors (Lipinski definition) is 5. The minimum absolute atomic E-state index is 0.0757. The van der Waals surface area contributed by atoms with Crippen molar-refractivity contribution in [3.8, 4) is 5.75 Å². The van der Waals surface area contributed by atoms with E-state index in [2.05, 4.69) is 5.32 Å². The summed E-state index contributed by atoms with van der Waals surface area (Å²) >= 11 is 0. The second-order valence-corrected chi connectivity index (χ2v) is 3.90. The van der Waals surface area contributed by atoms with Crippen LogP contribution >= 0.6 is 0 Å². The van der Waals surface area contributed by atoms with Crippen LogP contribution in [-0.4, -0.2) is 34.6 Å². The third-order valence-corrected chi connectivity index (χ3v) is 2.43. The lowest BCUT2D eigenvalue weighted by Gasteiger charge is -2.14. The maximum atomic E-state index is 11.5. The van der Waals surface area contributed by atoms with Gasteiger partial charge in [0.25, 0.3) is 11.6 Å². The van der Waals surface area contributed by atoms with Crippen LogP contribution in [0.5, 0.6) is 5.75 Å². The number of hydrogen-bond donors (Lipinski definition) is 2. The van der Waals surface area contributed by atoms with E-state index in [4.69, 9.17) is 9.84 Å². The number of carbonyl (C=O) groups excluding carboxylic acids is 1. The van der Waals surface area contributed by atoms with Gasteiger partial charge in [0.05, 0.1) is 4.92 Å². The van der Waals surface area contributed by atoms with E-state index in [9.17, 15) is 19.7 Å². The molecule has 1 unspecified atom stereocenters. The molecule has 0 heterocycles. The molecule has 108 valence electrons. The first-order valence-corrected chi connectivity index (χ1v) is 5.83. The minimum atomic E-state index is -1.44. The maximum Gasteiger partial charge on any atom is 0.342 e. The lowest BCUT2D eigenvalue weighted by molar-refractivity contribution is -0.385. The Morgan fingerprint density at radius 2 is 2.15 bits per heavy atom. The highest BCUT2D eigenvalue weighted by atomic mass is 16.6. The van der Waals surface area contributed by atoms with Crippen LogP contribution in [0.4, 0.5) is 5.69 Å². The number of amides is 1. The first-order valence-electron chi connectivity index (χ1n) is 5.83. The molecule has 0 aliphatic heterocycles. The molecule has 0 aliphatic rings. The summed E-state index contributed by atoms with van der Waals surface area (Å²) in [6, 6.07) is 3.31. The Kier molecular flexibility index (Phi) is 5.01. The second-order valence-electron chi connectivity index (χ2n) is 3.90. The van der Waals surface area contributed by atoms with Crippen molar-refractivity contribution < 1.29 is 24.4 Å². The van der Waals surface area contributed by atoms with Crippen molar-refractivity contribution >= 4 is 17.6 Å². The third kappa shape index (κ3) is 3.67. The number of benzene rings is 1. The number of rotatable bonds is 6. The van der Waals surface area contributed by atoms with Crippen molar-refractivity contribution in [2.75, 3.05) is 6.54 Å². The number of ether oxygens (including phenoxy) is 1. The van der Waals surface area contributed by atoms with Crippen molar-refractivity contribution in [2.45, 2.75) is 20.0 Å². The molecule has 0 fully saturated rings. The molecule has 8 nitrogen and oxygen atoms in total. The molecule has 1 amide bonds. The molecule has 0 spiro atoms. The molecule has 1 atom stereocenters. The second kappa shape index (κ2) is 6.50. The van der Waals surface area contributed by atoms with Gasteiger partial charge in [-0.1, -0.05) is 0 Å². The zero-order valence-corrected chi connectivity index (χ0v) is 11.0. The van der Waals surface area contributed by atoms with Crippen LogP contribution in [0.3, 0.4) is 0 Å². The van der Waals surface area contributed by atoms with Gasteiger partial charge in [-0.2, -0.15) is 0 Å². The Labute approximate surface area is 114 Å². The van der Waals surface area contributed by atoms with E-state index in [1.807, 2.05) is 0 Å². The van der Waals surface area contributed by atoms with Crippen LogP contribution in [0.25, 0.3) is 0 Å². The van der Waals surface area contributed by atoms with Crippen molar-refractivity contribution in [1.29, 1.82) is 0 Å². The Morgan fingerprint density at radius 1 is 1.50 bits per heavy atom. The molecule has 0 aliphatic carbocycles. The van der Waals surface area contributed by atoms with Crippen LogP contribution in [0, 0.1) is 10.1 Å². The average molecular weight is 282 g/mol. The minimum Gasteiger partial charge on any atom is -0.481 e. The molecule has 0 saturated carbocycles. The van der Waals surface area contributed by atoms with E-state index in [1.54, 1.807) is 6.92 Å². The van der Waals surface area contributed by atoms with Gasteiger partial charge in [-0.3, -0.25) is 14.9 Å². The predicted molar refractivity (Wildman–Crippen MR) is 68.8 cm³/mol. The molecule has 0 radical (unpaired) electrons. The summed E-state index contributed by atoms with van der Waals surface area (Å²) < 4.78 is 5.26. The molecule has 0 saturated heterocycles. The third-order valence-electron chi connectivity index (χ3n) is 2.43. The fourth-order valence-electron chi connectivity index (χ4n) is 1.49. The van der Waals surface area contributed by atoms with Gasteiger partial charge in [0.1, 0.15) is 11.3 Å². The van der Waals surface area contributed by atoms with Crippen LogP contribution in [0.2, 0.25) is 0 Å². The van der Waals surface area contributed by atoms with Crippen molar-refractivity contribution in [3.63, 3.8) is 0 Å². The van der Waals surface area contributed by atoms with Gasteiger partial charge >= 0.3 is 5.97 Å². The number of nitro benzene ring substituents is 1. The summed E-state index contributed by atoms with van der Waals surface area (Å²) in [5.41, 5.74) is -1.02. The van der Waals surface area contributed by atoms with E-state index in [1.165, 1.54) is 13.0 Å². The van der Waals surface area contributed by atoms with E-state index >= 15 is 0 Å². The average Bonchev–Trinajstić information content (AvgIpc) is 2.38. The van der Waals surface area contributed by atoms with E-state index in [0.717, 1.165) is 12.1 Å². The van der Waals surface area contributed by atoms with E-state index in [-0.39, 0.29) is 11.7 Å². The fraction of sp³-hybridized carbons (Fsp3) is 0.333. The Hall–Kier alpha value is -2.64. The van der Waals surface area contributed by atoms with Crippen molar-refractivity contribution in [3.05, 3.63) is 33.9 Å². The van der Waals surface area contributed by atoms with Crippen molar-refractivity contribution in [1.82, 2.24) is 5.32 Å². The first kappa shape index (κ1) is 15.4. The molecule has 20 heavy (non-hydrogen) atoms. The van der Waals surface area contributed by atoms with E-state index < -0.39 is 28.2 Å². The fourth-order valence-corrected chi connectivity index (χ4v) is 1.49. The molecule has 0 bridgehead atoms. The van der Waals surface area contributed by atoms with Gasteiger partial charge in [0, 0.05) is 18.7 Å². The summed E-state index contributed by atoms with van der Waals surface area (Å²) in [5, 5.41) is 22.2. The molecule has 2 N–H and O–H groups in total. The standard InChI is InChI=1S/C12H14N2O6/c1-3-13-11(15)7(2)20-8-4-5-10(14(18)19)9(6-8)12(16)17/h4-7H,3H2,1-2H3,(H,13,15)(H,16,17). The number of likely N-dealkylation sites (N-methyl/N-ethyl adjacent to an activating group) is 1. The lowest BCUT2D eigenvalue weighted by atomic mass is 10.1. The molecular weight excluding hydrogens is 268 g/mol. The highest BCUT2D eigenvalue weighted by Gasteiger charge is 2.22. The molecule has 8 heteroatoms. The zero-order valence-electron chi connectivity index (χ0n) is 11.0. The van der Waals surface area contributed by atoms with Gasteiger partial charge < -0.3 is 15.2 Å². The summed E-state index contributed by atoms with van der Waals surface area (Å²) in [6.45, 7) is 3.68. The highest BCUT2D eigenvalue weighted by molar-refractivity contribution is 5.92. The monoisotopic (exact) mass is 282 g/mol. The van der Waals surface area contributed by atoms with Crippen LogP contribution in [0.1, 0.15) is 24.2 Å². The van der Waals surface area contributed by atoms with Gasteiger partial charge in [-0.25, -0.2) is 4.79 Å². The van der Waals surface area contributed by atoms with E-state index in [0.29, 0.717) is 6.54 Å². The molecule has 1 aromatic carbocycles. The highest BCUT2D eigenvalue weighted by Crippen LogP contribution is 2.24. The zero-order chi connectivity index (χ0) is 15.3. The number of carboxylic acid groups (broad SMARTS) is 1. The lowest BCUT2D eigenvalue weighted by Crippen LogP contribution is -2.36. The quantitative estimate of drug-likeness (QED) is 0.597.